The summed E-state index contributed by atoms with van der Waals surface area (Å²) in [5.41, 5.74) is 0.892. The first-order chi connectivity index (χ1) is 9.06. The second-order valence-electron chi connectivity index (χ2n) is 4.20. The molecular weight excluding hydrogens is 266 g/mol. The fraction of sp³-hybridized carbons (Fsp3) is 0.462. The van der Waals surface area contributed by atoms with Crippen LogP contribution < -0.4 is 4.74 Å². The van der Waals surface area contributed by atoms with Gasteiger partial charge < -0.3 is 9.53 Å². The molecule has 1 atom stereocenters. The Morgan fingerprint density at radius 1 is 1.47 bits per heavy atom. The van der Waals surface area contributed by atoms with Gasteiger partial charge in [-0.3, -0.25) is 10.1 Å². The van der Waals surface area contributed by atoms with Gasteiger partial charge in [0.15, 0.2) is 0 Å². The molecule has 104 valence electrons. The number of benzene rings is 1. The van der Waals surface area contributed by atoms with E-state index in [4.69, 9.17) is 4.74 Å². The lowest BCUT2D eigenvalue weighted by Gasteiger charge is -2.14. The Morgan fingerprint density at radius 2 is 2.21 bits per heavy atom. The smallest absolute Gasteiger partial charge is 0.273 e. The Balaban J connectivity index is 2.86. The SMILES string of the molecule is CSCc1cc(OC(C)CCC=O)cc([N+](=O)[O-])c1. The molecule has 0 spiro atoms. The number of nitro groups is 1. The molecule has 1 rings (SSSR count). The van der Waals surface area contributed by atoms with Gasteiger partial charge in [0.1, 0.15) is 12.0 Å². The number of hydrogen-bond acceptors (Lipinski definition) is 5. The largest absolute Gasteiger partial charge is 0.490 e. The number of hydrogen-bond donors (Lipinski definition) is 0. The molecule has 6 heteroatoms. The van der Waals surface area contributed by atoms with Crippen molar-refractivity contribution >= 4 is 23.7 Å². The van der Waals surface area contributed by atoms with Gasteiger partial charge in [0.25, 0.3) is 5.69 Å². The summed E-state index contributed by atoms with van der Waals surface area (Å²) in [7, 11) is 0. The van der Waals surface area contributed by atoms with E-state index in [0.29, 0.717) is 24.3 Å². The minimum absolute atomic E-state index is 0.0316. The minimum atomic E-state index is -0.424. The molecule has 1 aromatic carbocycles. The average molecular weight is 283 g/mol. The third kappa shape index (κ3) is 5.30. The van der Waals surface area contributed by atoms with Crippen molar-refractivity contribution in [3.63, 3.8) is 0 Å². The minimum Gasteiger partial charge on any atom is -0.490 e. The van der Waals surface area contributed by atoms with Gasteiger partial charge in [-0.15, -0.1) is 0 Å². The molecule has 0 aliphatic heterocycles. The van der Waals surface area contributed by atoms with Crippen LogP contribution in [0, 0.1) is 10.1 Å². The highest BCUT2D eigenvalue weighted by molar-refractivity contribution is 7.97. The molecule has 0 saturated carbocycles. The van der Waals surface area contributed by atoms with Gasteiger partial charge in [0, 0.05) is 18.2 Å². The van der Waals surface area contributed by atoms with E-state index >= 15 is 0 Å². The summed E-state index contributed by atoms with van der Waals surface area (Å²) in [5.74, 6) is 1.18. The summed E-state index contributed by atoms with van der Waals surface area (Å²) in [5, 5.41) is 10.9. The number of thioether (sulfide) groups is 1. The topological polar surface area (TPSA) is 69.4 Å². The van der Waals surface area contributed by atoms with Gasteiger partial charge in [-0.1, -0.05) is 0 Å². The van der Waals surface area contributed by atoms with Crippen LogP contribution in [0.25, 0.3) is 0 Å². The Labute approximate surface area is 116 Å². The van der Waals surface area contributed by atoms with Crippen molar-refractivity contribution in [2.75, 3.05) is 6.26 Å². The van der Waals surface area contributed by atoms with Gasteiger partial charge in [-0.25, -0.2) is 0 Å². The van der Waals surface area contributed by atoms with E-state index in [1.165, 1.54) is 6.07 Å². The summed E-state index contributed by atoms with van der Waals surface area (Å²) < 4.78 is 5.62. The molecule has 0 aromatic heterocycles. The quantitative estimate of drug-likeness (QED) is 0.416. The summed E-state index contributed by atoms with van der Waals surface area (Å²) >= 11 is 1.59. The number of nitro benzene ring substituents is 1. The van der Waals surface area contributed by atoms with E-state index in [2.05, 4.69) is 0 Å². The highest BCUT2D eigenvalue weighted by Gasteiger charge is 2.12. The van der Waals surface area contributed by atoms with Crippen LogP contribution in [-0.4, -0.2) is 23.6 Å². The van der Waals surface area contributed by atoms with E-state index < -0.39 is 4.92 Å². The molecule has 19 heavy (non-hydrogen) atoms. The highest BCUT2D eigenvalue weighted by Crippen LogP contribution is 2.26. The van der Waals surface area contributed by atoms with Crippen molar-refractivity contribution < 1.29 is 14.5 Å². The van der Waals surface area contributed by atoms with Crippen LogP contribution in [0.2, 0.25) is 0 Å². The number of carbonyl (C=O) groups excluding carboxylic acids is 1. The summed E-state index contributed by atoms with van der Waals surface area (Å²) in [6, 6.07) is 4.78. The molecule has 5 nitrogen and oxygen atoms in total. The Hall–Kier alpha value is -1.56. The van der Waals surface area contributed by atoms with E-state index in [-0.39, 0.29) is 11.8 Å². The number of non-ortho nitro benzene ring substituents is 1. The van der Waals surface area contributed by atoms with Crippen molar-refractivity contribution in [3.05, 3.63) is 33.9 Å². The van der Waals surface area contributed by atoms with Gasteiger partial charge in [-0.2, -0.15) is 11.8 Å². The first-order valence-corrected chi connectivity index (χ1v) is 7.33. The summed E-state index contributed by atoms with van der Waals surface area (Å²) in [4.78, 5) is 20.7. The molecule has 0 N–H and O–H groups in total. The molecule has 0 aliphatic rings. The van der Waals surface area contributed by atoms with Gasteiger partial charge >= 0.3 is 0 Å². The maximum absolute atomic E-state index is 10.9. The van der Waals surface area contributed by atoms with E-state index in [1.807, 2.05) is 13.2 Å². The van der Waals surface area contributed by atoms with Crippen LogP contribution in [0.4, 0.5) is 5.69 Å². The molecule has 1 aromatic rings. The summed E-state index contributed by atoms with van der Waals surface area (Å²) in [6.07, 6.45) is 3.66. The Morgan fingerprint density at radius 3 is 2.79 bits per heavy atom. The van der Waals surface area contributed by atoms with Crippen molar-refractivity contribution in [1.82, 2.24) is 0 Å². The third-order valence-corrected chi connectivity index (χ3v) is 3.12. The predicted octanol–water partition coefficient (Wildman–Crippen LogP) is 3.20. The summed E-state index contributed by atoms with van der Waals surface area (Å²) in [6.45, 7) is 1.84. The van der Waals surface area contributed by atoms with Crippen molar-refractivity contribution in [2.24, 2.45) is 0 Å². The molecule has 0 aliphatic carbocycles. The molecule has 0 fully saturated rings. The van der Waals surface area contributed by atoms with Crippen LogP contribution in [0.15, 0.2) is 18.2 Å². The maximum atomic E-state index is 10.9. The van der Waals surface area contributed by atoms with E-state index in [0.717, 1.165) is 11.8 Å². The molecule has 0 amide bonds. The zero-order valence-corrected chi connectivity index (χ0v) is 11.8. The van der Waals surface area contributed by atoms with Gasteiger partial charge in [0.05, 0.1) is 17.1 Å². The van der Waals surface area contributed by atoms with E-state index in [9.17, 15) is 14.9 Å². The second kappa shape index (κ2) is 7.78. The number of nitrogens with zero attached hydrogens (tertiary/aromatic N) is 1. The number of ether oxygens (including phenoxy) is 1. The first kappa shape index (κ1) is 15.5. The zero-order valence-electron chi connectivity index (χ0n) is 11.0. The first-order valence-electron chi connectivity index (χ1n) is 5.94. The lowest BCUT2D eigenvalue weighted by molar-refractivity contribution is -0.385. The van der Waals surface area contributed by atoms with Crippen molar-refractivity contribution in [3.8, 4) is 5.75 Å². The number of carbonyl (C=O) groups is 1. The second-order valence-corrected chi connectivity index (χ2v) is 5.06. The Bertz CT molecular complexity index is 450. The molecule has 0 bridgehead atoms. The molecular formula is C13H17NO4S. The fourth-order valence-electron chi connectivity index (χ4n) is 1.66. The van der Waals surface area contributed by atoms with Crippen LogP contribution in [0.3, 0.4) is 0 Å². The van der Waals surface area contributed by atoms with Crippen molar-refractivity contribution in [1.29, 1.82) is 0 Å². The zero-order chi connectivity index (χ0) is 14.3. The van der Waals surface area contributed by atoms with Gasteiger partial charge in [0.2, 0.25) is 0 Å². The molecule has 0 saturated heterocycles. The van der Waals surface area contributed by atoms with Crippen LogP contribution in [0.1, 0.15) is 25.3 Å². The monoisotopic (exact) mass is 283 g/mol. The predicted molar refractivity (Wildman–Crippen MR) is 75.7 cm³/mol. The third-order valence-electron chi connectivity index (χ3n) is 2.50. The van der Waals surface area contributed by atoms with Crippen molar-refractivity contribution in [2.45, 2.75) is 31.6 Å². The van der Waals surface area contributed by atoms with Crippen LogP contribution in [0.5, 0.6) is 5.75 Å². The average Bonchev–Trinajstić information content (AvgIpc) is 2.36. The van der Waals surface area contributed by atoms with E-state index in [1.54, 1.807) is 23.9 Å². The standard InChI is InChI=1S/C13H17NO4S/c1-10(4-3-5-15)18-13-7-11(9-19-2)6-12(8-13)14(16)17/h5-8,10H,3-4,9H2,1-2H3. The number of aldehydes is 1. The van der Waals surface area contributed by atoms with Crippen LogP contribution >= 0.6 is 11.8 Å². The lowest BCUT2D eigenvalue weighted by Crippen LogP contribution is -2.12. The van der Waals surface area contributed by atoms with Crippen LogP contribution in [-0.2, 0) is 10.5 Å². The lowest BCUT2D eigenvalue weighted by atomic mass is 10.2. The van der Waals surface area contributed by atoms with Gasteiger partial charge in [-0.05, 0) is 31.2 Å². The highest BCUT2D eigenvalue weighted by atomic mass is 32.2. The maximum Gasteiger partial charge on any atom is 0.273 e. The number of rotatable bonds is 8. The fourth-order valence-corrected chi connectivity index (χ4v) is 2.16. The molecule has 0 heterocycles. The molecule has 0 radical (unpaired) electrons. The Kier molecular flexibility index (Phi) is 6.35. The molecule has 1 unspecified atom stereocenters. The normalized spacial score (nSPS) is 11.9.